The third kappa shape index (κ3) is 4.58. The summed E-state index contributed by atoms with van der Waals surface area (Å²) in [6, 6.07) is 13.0. The third-order valence-electron chi connectivity index (χ3n) is 3.67. The number of carbonyl (C=O) groups excluding carboxylic acids is 1. The van der Waals surface area contributed by atoms with Gasteiger partial charge in [0.25, 0.3) is 5.91 Å². The highest BCUT2D eigenvalue weighted by Gasteiger charge is 2.32. The van der Waals surface area contributed by atoms with E-state index in [1.54, 1.807) is 38.6 Å². The van der Waals surface area contributed by atoms with Gasteiger partial charge in [-0.05, 0) is 53.7 Å². The molecule has 0 N–H and O–H groups in total. The average molecular weight is 463 g/mol. The molecule has 1 saturated heterocycles. The number of amides is 1. The molecule has 0 saturated carbocycles. The summed E-state index contributed by atoms with van der Waals surface area (Å²) in [6.07, 6.45) is 3.37. The molecule has 1 amide bonds. The van der Waals surface area contributed by atoms with Crippen LogP contribution in [0.5, 0.6) is 11.5 Å². The van der Waals surface area contributed by atoms with Crippen LogP contribution >= 0.6 is 39.9 Å². The van der Waals surface area contributed by atoms with Crippen molar-refractivity contribution in [1.29, 1.82) is 0 Å². The molecule has 0 atom stereocenters. The highest BCUT2D eigenvalue weighted by atomic mass is 79.9. The van der Waals surface area contributed by atoms with Crippen LogP contribution in [-0.4, -0.2) is 35.7 Å². The van der Waals surface area contributed by atoms with Crippen molar-refractivity contribution in [2.24, 2.45) is 5.10 Å². The molecule has 0 spiro atoms. The fourth-order valence-electron chi connectivity index (χ4n) is 2.33. The Morgan fingerprint density at radius 2 is 1.74 bits per heavy atom. The fourth-order valence-corrected chi connectivity index (χ4v) is 3.76. The summed E-state index contributed by atoms with van der Waals surface area (Å²) in [6.45, 7) is 0. The zero-order valence-electron chi connectivity index (χ0n) is 14.5. The molecule has 1 aliphatic heterocycles. The molecular formula is C19H15BrN2O3S2. The van der Waals surface area contributed by atoms with E-state index in [4.69, 9.17) is 21.7 Å². The van der Waals surface area contributed by atoms with E-state index in [0.717, 1.165) is 15.6 Å². The number of hydrogen-bond donors (Lipinski definition) is 0. The first kappa shape index (κ1) is 19.6. The smallest absolute Gasteiger partial charge is 0.286 e. The van der Waals surface area contributed by atoms with Gasteiger partial charge in [0.1, 0.15) is 0 Å². The van der Waals surface area contributed by atoms with Crippen molar-refractivity contribution in [2.75, 3.05) is 14.2 Å². The Kier molecular flexibility index (Phi) is 6.30. The molecule has 0 aromatic heterocycles. The lowest BCUT2D eigenvalue weighted by atomic mass is 10.2. The molecule has 0 aliphatic carbocycles. The van der Waals surface area contributed by atoms with E-state index in [1.165, 1.54) is 16.8 Å². The van der Waals surface area contributed by atoms with Crippen LogP contribution in [-0.2, 0) is 4.79 Å². The number of thiocarbonyl (C=S) groups is 1. The van der Waals surface area contributed by atoms with Gasteiger partial charge in [0, 0.05) is 4.47 Å². The molecule has 5 nitrogen and oxygen atoms in total. The van der Waals surface area contributed by atoms with Crippen LogP contribution in [0.15, 0.2) is 56.9 Å². The Hall–Kier alpha value is -2.16. The van der Waals surface area contributed by atoms with Gasteiger partial charge in [-0.25, -0.2) is 0 Å². The second kappa shape index (κ2) is 8.69. The van der Waals surface area contributed by atoms with Crippen molar-refractivity contribution in [3.8, 4) is 11.5 Å². The van der Waals surface area contributed by atoms with Crippen molar-refractivity contribution in [3.63, 3.8) is 0 Å². The normalized spacial score (nSPS) is 15.8. The molecule has 27 heavy (non-hydrogen) atoms. The van der Waals surface area contributed by atoms with Gasteiger partial charge in [-0.1, -0.05) is 45.9 Å². The summed E-state index contributed by atoms with van der Waals surface area (Å²) < 4.78 is 11.9. The number of rotatable bonds is 5. The lowest BCUT2D eigenvalue weighted by Gasteiger charge is -2.08. The maximum absolute atomic E-state index is 12.6. The van der Waals surface area contributed by atoms with E-state index in [-0.39, 0.29) is 5.91 Å². The molecule has 1 aliphatic rings. The van der Waals surface area contributed by atoms with Gasteiger partial charge in [0.05, 0.1) is 25.3 Å². The van der Waals surface area contributed by atoms with Gasteiger partial charge < -0.3 is 9.47 Å². The van der Waals surface area contributed by atoms with E-state index in [9.17, 15) is 4.79 Å². The van der Waals surface area contributed by atoms with Gasteiger partial charge in [0.15, 0.2) is 15.8 Å². The van der Waals surface area contributed by atoms with Crippen LogP contribution < -0.4 is 9.47 Å². The van der Waals surface area contributed by atoms with E-state index in [2.05, 4.69) is 21.0 Å². The summed E-state index contributed by atoms with van der Waals surface area (Å²) in [7, 11) is 3.14. The zero-order chi connectivity index (χ0) is 19.4. The highest BCUT2D eigenvalue weighted by Crippen LogP contribution is 2.34. The Morgan fingerprint density at radius 1 is 1.07 bits per heavy atom. The number of halogens is 1. The van der Waals surface area contributed by atoms with Gasteiger partial charge in [0.2, 0.25) is 0 Å². The lowest BCUT2D eigenvalue weighted by Crippen LogP contribution is -2.22. The largest absolute Gasteiger partial charge is 0.493 e. The number of thioether (sulfide) groups is 1. The van der Waals surface area contributed by atoms with Crippen molar-refractivity contribution < 1.29 is 14.3 Å². The minimum atomic E-state index is -0.256. The molecule has 3 rings (SSSR count). The average Bonchev–Trinajstić information content (AvgIpc) is 2.94. The quantitative estimate of drug-likeness (QED) is 0.366. The molecule has 0 unspecified atom stereocenters. The van der Waals surface area contributed by atoms with Gasteiger partial charge in [-0.3, -0.25) is 4.79 Å². The number of methoxy groups -OCH3 is 2. The monoisotopic (exact) mass is 462 g/mol. The Balaban J connectivity index is 1.81. The number of ether oxygens (including phenoxy) is 2. The summed E-state index contributed by atoms with van der Waals surface area (Å²) in [5, 5.41) is 5.46. The molecule has 0 bridgehead atoms. The molecule has 1 fully saturated rings. The van der Waals surface area contributed by atoms with Crippen LogP contribution in [0, 0.1) is 0 Å². The first-order valence-electron chi connectivity index (χ1n) is 7.81. The Labute approximate surface area is 175 Å². The second-order valence-corrected chi connectivity index (χ2v) is 8.00. The zero-order valence-corrected chi connectivity index (χ0v) is 17.7. The van der Waals surface area contributed by atoms with Crippen molar-refractivity contribution in [1.82, 2.24) is 5.01 Å². The van der Waals surface area contributed by atoms with Crippen LogP contribution in [0.3, 0.4) is 0 Å². The van der Waals surface area contributed by atoms with Crippen LogP contribution in [0.1, 0.15) is 11.1 Å². The molecule has 2 aromatic rings. The standard InChI is InChI=1S/C19H15BrN2O3S2/c1-24-15-8-5-13(9-16(15)25-2)10-17-18(23)22(19(26)27-17)21-11-12-3-6-14(20)7-4-12/h3-11H,1-2H3/b17-10+,21-11+. The van der Waals surface area contributed by atoms with Crippen LogP contribution in [0.4, 0.5) is 0 Å². The number of hydrazone groups is 1. The van der Waals surface area contributed by atoms with Gasteiger partial charge >= 0.3 is 0 Å². The van der Waals surface area contributed by atoms with Crippen LogP contribution in [0.25, 0.3) is 6.08 Å². The van der Waals surface area contributed by atoms with Crippen molar-refractivity contribution in [2.45, 2.75) is 0 Å². The first-order valence-corrected chi connectivity index (χ1v) is 9.83. The molecular weight excluding hydrogens is 448 g/mol. The van der Waals surface area contributed by atoms with Crippen molar-refractivity contribution in [3.05, 3.63) is 63.0 Å². The summed E-state index contributed by atoms with van der Waals surface area (Å²) in [5.74, 6) is 0.962. The highest BCUT2D eigenvalue weighted by molar-refractivity contribution is 9.10. The molecule has 138 valence electrons. The van der Waals surface area contributed by atoms with E-state index in [0.29, 0.717) is 20.7 Å². The summed E-state index contributed by atoms with van der Waals surface area (Å²) >= 11 is 9.89. The van der Waals surface area contributed by atoms with Crippen LogP contribution in [0.2, 0.25) is 0 Å². The third-order valence-corrected chi connectivity index (χ3v) is 5.48. The van der Waals surface area contributed by atoms with E-state index in [1.807, 2.05) is 30.3 Å². The topological polar surface area (TPSA) is 51.1 Å². The summed E-state index contributed by atoms with van der Waals surface area (Å²) in [4.78, 5) is 13.1. The summed E-state index contributed by atoms with van der Waals surface area (Å²) in [5.41, 5.74) is 1.68. The predicted molar refractivity (Wildman–Crippen MR) is 116 cm³/mol. The molecule has 1 heterocycles. The van der Waals surface area contributed by atoms with Gasteiger partial charge in [-0.15, -0.1) is 0 Å². The minimum Gasteiger partial charge on any atom is -0.493 e. The number of benzene rings is 2. The second-order valence-electron chi connectivity index (χ2n) is 5.40. The Bertz CT molecular complexity index is 942. The predicted octanol–water partition coefficient (Wildman–Crippen LogP) is 4.70. The number of carbonyl (C=O) groups is 1. The maximum Gasteiger partial charge on any atom is 0.286 e. The SMILES string of the molecule is COc1ccc(/C=C2/SC(=S)N(/N=C/c3ccc(Br)cc3)C2=O)cc1OC. The van der Waals surface area contributed by atoms with E-state index < -0.39 is 0 Å². The molecule has 0 radical (unpaired) electrons. The van der Waals surface area contributed by atoms with Crippen molar-refractivity contribution >= 4 is 62.4 Å². The molecule has 2 aromatic carbocycles. The molecule has 8 heteroatoms. The fraction of sp³-hybridized carbons (Fsp3) is 0.105. The maximum atomic E-state index is 12.6. The Morgan fingerprint density at radius 3 is 2.41 bits per heavy atom. The number of nitrogens with zero attached hydrogens (tertiary/aromatic N) is 2. The first-order chi connectivity index (χ1) is 13.0. The van der Waals surface area contributed by atoms with E-state index >= 15 is 0 Å². The lowest BCUT2D eigenvalue weighted by molar-refractivity contribution is -0.122. The number of hydrogen-bond acceptors (Lipinski definition) is 6. The minimum absolute atomic E-state index is 0.256. The van der Waals surface area contributed by atoms with Gasteiger partial charge in [-0.2, -0.15) is 10.1 Å².